The summed E-state index contributed by atoms with van der Waals surface area (Å²) in [5.74, 6) is 0.373. The van der Waals surface area contributed by atoms with E-state index in [1.54, 1.807) is 0 Å². The summed E-state index contributed by atoms with van der Waals surface area (Å²) in [4.78, 5) is 11.4. The first-order valence-corrected chi connectivity index (χ1v) is 8.35. The Hall–Kier alpha value is -0.610. The fourth-order valence-electron chi connectivity index (χ4n) is 4.65. The van der Waals surface area contributed by atoms with Gasteiger partial charge in [0.2, 0.25) is 0 Å². The Morgan fingerprint density at radius 2 is 1.71 bits per heavy atom. The molecule has 0 radical (unpaired) electrons. The molecule has 0 aromatic heterocycles. The van der Waals surface area contributed by atoms with Crippen LogP contribution in [0.2, 0.25) is 0 Å². The first-order chi connectivity index (χ1) is 9.84. The Kier molecular flexibility index (Phi) is 3.81. The lowest BCUT2D eigenvalue weighted by Gasteiger charge is -2.42. The second kappa shape index (κ2) is 5.24. The third-order valence-corrected chi connectivity index (χ3v) is 5.80. The van der Waals surface area contributed by atoms with E-state index in [9.17, 15) is 9.90 Å². The first kappa shape index (κ1) is 15.3. The largest absolute Gasteiger partial charge is 0.481 e. The smallest absolute Gasteiger partial charge is 0.306 e. The summed E-state index contributed by atoms with van der Waals surface area (Å²) in [7, 11) is 0. The molecule has 1 spiro atoms. The molecule has 4 nitrogen and oxygen atoms in total. The number of carboxylic acids is 1. The van der Waals surface area contributed by atoms with Crippen molar-refractivity contribution in [2.75, 3.05) is 13.2 Å². The Labute approximate surface area is 127 Å². The van der Waals surface area contributed by atoms with Crippen LogP contribution in [0.4, 0.5) is 0 Å². The van der Waals surface area contributed by atoms with E-state index in [0.29, 0.717) is 17.8 Å². The van der Waals surface area contributed by atoms with Crippen LogP contribution in [0.25, 0.3) is 0 Å². The van der Waals surface area contributed by atoms with Crippen molar-refractivity contribution in [2.24, 2.45) is 29.1 Å². The quantitative estimate of drug-likeness (QED) is 0.868. The van der Waals surface area contributed by atoms with Crippen LogP contribution in [0.15, 0.2) is 0 Å². The Balaban J connectivity index is 1.61. The highest BCUT2D eigenvalue weighted by atomic mass is 16.7. The number of hydrogen-bond acceptors (Lipinski definition) is 3. The van der Waals surface area contributed by atoms with Gasteiger partial charge in [-0.3, -0.25) is 4.79 Å². The number of rotatable bonds is 3. The van der Waals surface area contributed by atoms with E-state index >= 15 is 0 Å². The number of fused-ring (bicyclic) bond motifs is 1. The van der Waals surface area contributed by atoms with Gasteiger partial charge in [0.15, 0.2) is 5.79 Å². The number of carbonyl (C=O) groups is 1. The second-order valence-electron chi connectivity index (χ2n) is 8.17. The highest BCUT2D eigenvalue weighted by Gasteiger charge is 2.54. The monoisotopic (exact) mass is 296 g/mol. The summed E-state index contributed by atoms with van der Waals surface area (Å²) in [6.07, 6.45) is 4.73. The molecule has 3 atom stereocenters. The topological polar surface area (TPSA) is 55.8 Å². The first-order valence-electron chi connectivity index (χ1n) is 8.35. The molecule has 1 aliphatic heterocycles. The van der Waals surface area contributed by atoms with Crippen LogP contribution in [0.5, 0.6) is 0 Å². The standard InChI is InChI=1S/C17H28O4/c1-4-14(15(18)19)11-5-12-7-17(8-13(12)6-11)20-9-16(2,3)10-21-17/h11-14H,4-10H2,1-3H3,(H,18,19). The van der Waals surface area contributed by atoms with Gasteiger partial charge in [-0.2, -0.15) is 0 Å². The summed E-state index contributed by atoms with van der Waals surface area (Å²) in [5, 5.41) is 9.35. The second-order valence-corrected chi connectivity index (χ2v) is 8.17. The number of carboxylic acid groups (broad SMARTS) is 1. The van der Waals surface area contributed by atoms with Crippen molar-refractivity contribution in [3.05, 3.63) is 0 Å². The van der Waals surface area contributed by atoms with Gasteiger partial charge in [0.1, 0.15) is 0 Å². The molecule has 3 rings (SSSR count). The van der Waals surface area contributed by atoms with E-state index in [0.717, 1.165) is 45.3 Å². The molecule has 1 heterocycles. The molecule has 1 N–H and O–H groups in total. The molecule has 21 heavy (non-hydrogen) atoms. The number of hydrogen-bond donors (Lipinski definition) is 1. The van der Waals surface area contributed by atoms with Crippen molar-refractivity contribution >= 4 is 5.97 Å². The van der Waals surface area contributed by atoms with E-state index in [1.807, 2.05) is 6.92 Å². The summed E-state index contributed by atoms with van der Waals surface area (Å²) in [5.41, 5.74) is 0.113. The SMILES string of the molecule is CCC(C(=O)O)C1CC2CC3(CC2C1)OCC(C)(C)CO3. The lowest BCUT2D eigenvalue weighted by Crippen LogP contribution is -2.46. The summed E-state index contributed by atoms with van der Waals surface area (Å²) >= 11 is 0. The molecule has 120 valence electrons. The predicted molar refractivity (Wildman–Crippen MR) is 78.8 cm³/mol. The van der Waals surface area contributed by atoms with Gasteiger partial charge in [-0.25, -0.2) is 0 Å². The van der Waals surface area contributed by atoms with Crippen molar-refractivity contribution in [1.82, 2.24) is 0 Å². The van der Waals surface area contributed by atoms with E-state index in [-0.39, 0.29) is 17.1 Å². The number of aliphatic carboxylic acids is 1. The maximum absolute atomic E-state index is 11.4. The van der Waals surface area contributed by atoms with Crippen molar-refractivity contribution < 1.29 is 19.4 Å². The Morgan fingerprint density at radius 3 is 2.14 bits per heavy atom. The molecule has 1 saturated heterocycles. The highest BCUT2D eigenvalue weighted by molar-refractivity contribution is 5.70. The molecule has 0 aromatic carbocycles. The average Bonchev–Trinajstić information content (AvgIpc) is 2.90. The van der Waals surface area contributed by atoms with E-state index in [1.165, 1.54) is 0 Å². The minimum Gasteiger partial charge on any atom is -0.481 e. The van der Waals surface area contributed by atoms with Crippen LogP contribution >= 0.6 is 0 Å². The molecule has 4 heteroatoms. The molecule has 0 aromatic rings. The molecule has 2 saturated carbocycles. The average molecular weight is 296 g/mol. The molecule has 0 bridgehead atoms. The maximum Gasteiger partial charge on any atom is 0.306 e. The summed E-state index contributed by atoms with van der Waals surface area (Å²) in [6.45, 7) is 7.86. The van der Waals surface area contributed by atoms with Crippen molar-refractivity contribution in [1.29, 1.82) is 0 Å². The van der Waals surface area contributed by atoms with Crippen LogP contribution in [0.3, 0.4) is 0 Å². The van der Waals surface area contributed by atoms with Gasteiger partial charge in [-0.05, 0) is 37.0 Å². The van der Waals surface area contributed by atoms with Gasteiger partial charge in [-0.15, -0.1) is 0 Å². The van der Waals surface area contributed by atoms with Crippen LogP contribution in [-0.4, -0.2) is 30.1 Å². The lowest BCUT2D eigenvalue weighted by molar-refractivity contribution is -0.297. The fourth-order valence-corrected chi connectivity index (χ4v) is 4.65. The van der Waals surface area contributed by atoms with Gasteiger partial charge < -0.3 is 14.6 Å². The van der Waals surface area contributed by atoms with E-state index in [2.05, 4.69) is 13.8 Å². The Bertz CT molecular complexity index is 391. The van der Waals surface area contributed by atoms with Gasteiger partial charge >= 0.3 is 5.97 Å². The van der Waals surface area contributed by atoms with E-state index in [4.69, 9.17) is 9.47 Å². The highest BCUT2D eigenvalue weighted by Crippen LogP contribution is 2.55. The van der Waals surface area contributed by atoms with Crippen molar-refractivity contribution in [3.63, 3.8) is 0 Å². The van der Waals surface area contributed by atoms with Gasteiger partial charge in [-0.1, -0.05) is 20.8 Å². The van der Waals surface area contributed by atoms with Crippen LogP contribution in [-0.2, 0) is 14.3 Å². The van der Waals surface area contributed by atoms with Crippen molar-refractivity contribution in [2.45, 2.75) is 58.7 Å². The molecule has 0 amide bonds. The third-order valence-electron chi connectivity index (χ3n) is 5.80. The molecule has 2 aliphatic carbocycles. The van der Waals surface area contributed by atoms with Gasteiger partial charge in [0, 0.05) is 18.3 Å². The molecule has 3 unspecified atom stereocenters. The molecule has 3 fully saturated rings. The molecule has 3 aliphatic rings. The zero-order valence-corrected chi connectivity index (χ0v) is 13.4. The van der Waals surface area contributed by atoms with Crippen LogP contribution < -0.4 is 0 Å². The normalized spacial score (nSPS) is 38.3. The van der Waals surface area contributed by atoms with Crippen molar-refractivity contribution in [3.8, 4) is 0 Å². The predicted octanol–water partition coefficient (Wildman–Crippen LogP) is 3.30. The minimum atomic E-state index is -0.621. The van der Waals surface area contributed by atoms with Gasteiger partial charge in [0.25, 0.3) is 0 Å². The minimum absolute atomic E-state index is 0.113. The fraction of sp³-hybridized carbons (Fsp3) is 0.941. The van der Waals surface area contributed by atoms with E-state index < -0.39 is 5.97 Å². The lowest BCUT2D eigenvalue weighted by atomic mass is 9.86. The molecular weight excluding hydrogens is 268 g/mol. The number of ether oxygens (including phenoxy) is 2. The van der Waals surface area contributed by atoms with Gasteiger partial charge in [0.05, 0.1) is 19.1 Å². The zero-order chi connectivity index (χ0) is 15.3. The summed E-state index contributed by atoms with van der Waals surface area (Å²) < 4.78 is 12.2. The maximum atomic E-state index is 11.4. The van der Waals surface area contributed by atoms with Crippen LogP contribution in [0, 0.1) is 29.1 Å². The molecular formula is C17H28O4. The Morgan fingerprint density at radius 1 is 1.19 bits per heavy atom. The zero-order valence-electron chi connectivity index (χ0n) is 13.4. The van der Waals surface area contributed by atoms with Crippen LogP contribution in [0.1, 0.15) is 52.9 Å². The third kappa shape index (κ3) is 2.85. The summed E-state index contributed by atoms with van der Waals surface area (Å²) in [6, 6.07) is 0.